The molecular formula is C21H20FN3O4. The second kappa shape index (κ2) is 8.22. The molecule has 0 spiro atoms. The number of benzene rings is 2. The van der Waals surface area contributed by atoms with Crippen LogP contribution >= 0.6 is 0 Å². The van der Waals surface area contributed by atoms with E-state index in [2.05, 4.69) is 10.6 Å². The van der Waals surface area contributed by atoms with Crippen molar-refractivity contribution >= 4 is 23.6 Å². The highest BCUT2D eigenvalue weighted by molar-refractivity contribution is 6.22. The second-order valence-corrected chi connectivity index (χ2v) is 6.83. The summed E-state index contributed by atoms with van der Waals surface area (Å²) in [6, 6.07) is 9.66. The molecule has 0 aliphatic carbocycles. The third-order valence-electron chi connectivity index (χ3n) is 4.51. The van der Waals surface area contributed by atoms with Crippen LogP contribution in [0.3, 0.4) is 0 Å². The molecule has 29 heavy (non-hydrogen) atoms. The Morgan fingerprint density at radius 2 is 1.55 bits per heavy atom. The SMILES string of the molecule is CC(C)N1C(=O)c2ccc(C(=O)NCCNC(=O)c3ccccc3F)cc2C1=O. The topological polar surface area (TPSA) is 95.6 Å². The van der Waals surface area contributed by atoms with Crippen LogP contribution in [0, 0.1) is 5.82 Å². The minimum atomic E-state index is -0.623. The lowest BCUT2D eigenvalue weighted by Gasteiger charge is -2.17. The van der Waals surface area contributed by atoms with Gasteiger partial charge in [-0.3, -0.25) is 24.1 Å². The number of carbonyl (C=O) groups excluding carboxylic acids is 4. The van der Waals surface area contributed by atoms with Gasteiger partial charge in [-0.25, -0.2) is 4.39 Å². The van der Waals surface area contributed by atoms with Gasteiger partial charge in [0.15, 0.2) is 0 Å². The standard InChI is InChI=1S/C21H20FN3O4/c1-12(2)25-20(28)14-8-7-13(11-16(14)21(25)29)18(26)23-9-10-24-19(27)15-5-3-4-6-17(15)22/h3-8,11-12H,9-10H2,1-2H3,(H,23,26)(H,24,27). The molecule has 0 fully saturated rings. The van der Waals surface area contributed by atoms with E-state index < -0.39 is 23.5 Å². The number of fused-ring (bicyclic) bond motifs is 1. The molecule has 0 atom stereocenters. The van der Waals surface area contributed by atoms with Gasteiger partial charge in [0.1, 0.15) is 5.82 Å². The van der Waals surface area contributed by atoms with E-state index in [1.54, 1.807) is 19.9 Å². The fraction of sp³-hybridized carbons (Fsp3) is 0.238. The number of hydrogen-bond donors (Lipinski definition) is 2. The summed E-state index contributed by atoms with van der Waals surface area (Å²) < 4.78 is 13.6. The molecule has 0 aromatic heterocycles. The third kappa shape index (κ3) is 4.01. The Hall–Kier alpha value is -3.55. The lowest BCUT2D eigenvalue weighted by atomic mass is 10.1. The lowest BCUT2D eigenvalue weighted by molar-refractivity contribution is 0.0608. The van der Waals surface area contributed by atoms with Crippen LogP contribution in [0.25, 0.3) is 0 Å². The number of carbonyl (C=O) groups is 4. The summed E-state index contributed by atoms with van der Waals surface area (Å²) in [6.45, 7) is 3.69. The van der Waals surface area contributed by atoms with Crippen molar-refractivity contribution in [3.05, 3.63) is 70.5 Å². The Morgan fingerprint density at radius 1 is 0.931 bits per heavy atom. The first kappa shape index (κ1) is 20.2. The number of amides is 4. The number of nitrogens with zero attached hydrogens (tertiary/aromatic N) is 1. The zero-order chi connectivity index (χ0) is 21.1. The van der Waals surface area contributed by atoms with Gasteiger partial charge in [0.05, 0.1) is 16.7 Å². The quantitative estimate of drug-likeness (QED) is 0.576. The average Bonchev–Trinajstić information content (AvgIpc) is 2.95. The number of rotatable bonds is 6. The van der Waals surface area contributed by atoms with Crippen LogP contribution in [-0.4, -0.2) is 47.7 Å². The summed E-state index contributed by atoms with van der Waals surface area (Å²) in [5, 5.41) is 5.13. The minimum absolute atomic E-state index is 0.0738. The Bertz CT molecular complexity index is 1000. The van der Waals surface area contributed by atoms with E-state index in [9.17, 15) is 23.6 Å². The van der Waals surface area contributed by atoms with E-state index in [1.165, 1.54) is 36.4 Å². The Balaban J connectivity index is 1.58. The number of hydrogen-bond acceptors (Lipinski definition) is 4. The van der Waals surface area contributed by atoms with Crippen LogP contribution in [0.4, 0.5) is 4.39 Å². The summed E-state index contributed by atoms with van der Waals surface area (Å²) in [5.41, 5.74) is 0.632. The van der Waals surface area contributed by atoms with Crippen molar-refractivity contribution in [2.75, 3.05) is 13.1 Å². The molecule has 3 rings (SSSR count). The van der Waals surface area contributed by atoms with Gasteiger partial charge in [-0.05, 0) is 44.2 Å². The predicted octanol–water partition coefficient (Wildman–Crippen LogP) is 1.99. The van der Waals surface area contributed by atoms with Crippen LogP contribution in [0.15, 0.2) is 42.5 Å². The van der Waals surface area contributed by atoms with Crippen molar-refractivity contribution < 1.29 is 23.6 Å². The van der Waals surface area contributed by atoms with Gasteiger partial charge in [-0.2, -0.15) is 0 Å². The molecule has 0 radical (unpaired) electrons. The van der Waals surface area contributed by atoms with Gasteiger partial charge in [0.2, 0.25) is 0 Å². The van der Waals surface area contributed by atoms with Crippen molar-refractivity contribution in [1.29, 1.82) is 0 Å². The maximum Gasteiger partial charge on any atom is 0.261 e. The highest BCUT2D eigenvalue weighted by Crippen LogP contribution is 2.25. The lowest BCUT2D eigenvalue weighted by Crippen LogP contribution is -2.36. The van der Waals surface area contributed by atoms with E-state index in [4.69, 9.17) is 0 Å². The van der Waals surface area contributed by atoms with E-state index in [1.807, 2.05) is 0 Å². The molecule has 1 aliphatic rings. The molecule has 2 aromatic carbocycles. The third-order valence-corrected chi connectivity index (χ3v) is 4.51. The summed E-state index contributed by atoms with van der Waals surface area (Å²) in [4.78, 5) is 50.1. The first-order chi connectivity index (χ1) is 13.8. The molecule has 1 aliphatic heterocycles. The molecule has 8 heteroatoms. The van der Waals surface area contributed by atoms with Crippen LogP contribution < -0.4 is 10.6 Å². The Kier molecular flexibility index (Phi) is 5.72. The van der Waals surface area contributed by atoms with Gasteiger partial charge < -0.3 is 10.6 Å². The molecule has 0 bridgehead atoms. The normalized spacial score (nSPS) is 12.9. The van der Waals surface area contributed by atoms with Gasteiger partial charge in [0.25, 0.3) is 23.6 Å². The molecule has 0 saturated heterocycles. The van der Waals surface area contributed by atoms with Gasteiger partial charge in [-0.1, -0.05) is 12.1 Å². The summed E-state index contributed by atoms with van der Waals surface area (Å²) in [5.74, 6) is -2.44. The monoisotopic (exact) mass is 397 g/mol. The fourth-order valence-corrected chi connectivity index (χ4v) is 3.06. The molecular weight excluding hydrogens is 377 g/mol. The van der Waals surface area contributed by atoms with Crippen LogP contribution in [0.2, 0.25) is 0 Å². The van der Waals surface area contributed by atoms with Crippen LogP contribution in [-0.2, 0) is 0 Å². The minimum Gasteiger partial charge on any atom is -0.350 e. The maximum atomic E-state index is 13.6. The van der Waals surface area contributed by atoms with Gasteiger partial charge >= 0.3 is 0 Å². The van der Waals surface area contributed by atoms with Crippen molar-refractivity contribution in [3.63, 3.8) is 0 Å². The van der Waals surface area contributed by atoms with Crippen LogP contribution in [0.1, 0.15) is 55.3 Å². The predicted molar refractivity (Wildman–Crippen MR) is 103 cm³/mol. The molecule has 1 heterocycles. The summed E-state index contributed by atoms with van der Waals surface area (Å²) in [7, 11) is 0. The van der Waals surface area contributed by atoms with E-state index >= 15 is 0 Å². The maximum absolute atomic E-state index is 13.6. The molecule has 0 saturated carbocycles. The highest BCUT2D eigenvalue weighted by atomic mass is 19.1. The van der Waals surface area contributed by atoms with Crippen molar-refractivity contribution in [2.45, 2.75) is 19.9 Å². The average molecular weight is 397 g/mol. The first-order valence-corrected chi connectivity index (χ1v) is 9.14. The molecule has 150 valence electrons. The smallest absolute Gasteiger partial charge is 0.261 e. The van der Waals surface area contributed by atoms with E-state index in [-0.39, 0.29) is 47.3 Å². The van der Waals surface area contributed by atoms with Gasteiger partial charge in [0, 0.05) is 24.7 Å². The number of nitrogens with one attached hydrogen (secondary N) is 2. The second-order valence-electron chi connectivity index (χ2n) is 6.83. The zero-order valence-corrected chi connectivity index (χ0v) is 16.0. The number of halogens is 1. The largest absolute Gasteiger partial charge is 0.350 e. The summed E-state index contributed by atoms with van der Waals surface area (Å²) in [6.07, 6.45) is 0. The van der Waals surface area contributed by atoms with Gasteiger partial charge in [-0.15, -0.1) is 0 Å². The Morgan fingerprint density at radius 3 is 2.21 bits per heavy atom. The molecule has 2 aromatic rings. The van der Waals surface area contributed by atoms with Crippen LogP contribution in [0.5, 0.6) is 0 Å². The molecule has 7 nitrogen and oxygen atoms in total. The van der Waals surface area contributed by atoms with Crippen molar-refractivity contribution in [2.24, 2.45) is 0 Å². The number of imide groups is 1. The highest BCUT2D eigenvalue weighted by Gasteiger charge is 2.37. The molecule has 4 amide bonds. The Labute approximate surface area is 166 Å². The molecule has 0 unspecified atom stereocenters. The zero-order valence-electron chi connectivity index (χ0n) is 16.0. The molecule has 2 N–H and O–H groups in total. The van der Waals surface area contributed by atoms with Crippen molar-refractivity contribution in [3.8, 4) is 0 Å². The first-order valence-electron chi connectivity index (χ1n) is 9.14. The fourth-order valence-electron chi connectivity index (χ4n) is 3.06. The summed E-state index contributed by atoms with van der Waals surface area (Å²) >= 11 is 0. The van der Waals surface area contributed by atoms with E-state index in [0.29, 0.717) is 0 Å². The van der Waals surface area contributed by atoms with E-state index in [0.717, 1.165) is 4.90 Å². The van der Waals surface area contributed by atoms with Crippen molar-refractivity contribution in [1.82, 2.24) is 15.5 Å².